The maximum Gasteiger partial charge on any atom is 0.258 e. The van der Waals surface area contributed by atoms with E-state index in [0.29, 0.717) is 41.9 Å². The van der Waals surface area contributed by atoms with Gasteiger partial charge in [0.2, 0.25) is 11.8 Å². The molecule has 0 aromatic heterocycles. The monoisotopic (exact) mass is 632 g/mol. The molecule has 2 atom stereocenters. The van der Waals surface area contributed by atoms with E-state index in [1.54, 1.807) is 23.1 Å². The predicted octanol–water partition coefficient (Wildman–Crippen LogP) is 3.49. The first kappa shape index (κ1) is 31.7. The van der Waals surface area contributed by atoms with Gasteiger partial charge in [0.15, 0.2) is 6.61 Å². The summed E-state index contributed by atoms with van der Waals surface area (Å²) in [6, 6.07) is 12.0. The molecule has 4 bridgehead atoms. The van der Waals surface area contributed by atoms with E-state index in [-0.39, 0.29) is 62.2 Å². The van der Waals surface area contributed by atoms with Crippen LogP contribution >= 0.6 is 0 Å². The number of rotatable bonds is 7. The van der Waals surface area contributed by atoms with Gasteiger partial charge in [0.05, 0.1) is 19.2 Å². The van der Waals surface area contributed by atoms with Gasteiger partial charge >= 0.3 is 0 Å². The van der Waals surface area contributed by atoms with Crippen molar-refractivity contribution in [3.63, 3.8) is 0 Å². The molecule has 2 aliphatic carbocycles. The van der Waals surface area contributed by atoms with Gasteiger partial charge in [0, 0.05) is 43.6 Å². The average molecular weight is 633 g/mol. The largest absolute Gasteiger partial charge is 0.493 e. The second-order valence-electron chi connectivity index (χ2n) is 12.9. The maximum absolute atomic E-state index is 13.6. The summed E-state index contributed by atoms with van der Waals surface area (Å²) in [5, 5.41) is 9.03. The molecule has 5 aliphatic rings. The number of carbonyl (C=O) groups is 4. The Morgan fingerprint density at radius 1 is 0.913 bits per heavy atom. The van der Waals surface area contributed by atoms with Crippen molar-refractivity contribution in [3.8, 4) is 17.2 Å². The van der Waals surface area contributed by atoms with Crippen molar-refractivity contribution < 1.29 is 33.4 Å². The summed E-state index contributed by atoms with van der Waals surface area (Å²) in [6.07, 6.45) is 8.58. The second-order valence-corrected chi connectivity index (χ2v) is 12.9. The summed E-state index contributed by atoms with van der Waals surface area (Å²) in [5.41, 5.74) is 1.20. The molecule has 4 amide bonds. The van der Waals surface area contributed by atoms with E-state index in [9.17, 15) is 19.2 Å². The fraction of sp³-hybridized carbons (Fsp3) is 0.543. The molecular weight excluding hydrogens is 588 g/mol. The molecule has 2 aromatic rings. The smallest absolute Gasteiger partial charge is 0.258 e. The molecule has 2 aromatic carbocycles. The van der Waals surface area contributed by atoms with Gasteiger partial charge in [-0.1, -0.05) is 37.8 Å². The molecule has 0 spiro atoms. The maximum atomic E-state index is 13.6. The van der Waals surface area contributed by atoms with Gasteiger partial charge in [-0.2, -0.15) is 0 Å². The van der Waals surface area contributed by atoms with Crippen LogP contribution in [-0.4, -0.2) is 73.0 Å². The Kier molecular flexibility index (Phi) is 10.2. The molecule has 1 saturated heterocycles. The van der Waals surface area contributed by atoms with Crippen LogP contribution < -0.4 is 30.2 Å². The Labute approximate surface area is 269 Å². The Hall–Kier alpha value is -4.28. The van der Waals surface area contributed by atoms with E-state index in [1.807, 2.05) is 24.3 Å². The lowest BCUT2D eigenvalue weighted by Crippen LogP contribution is -2.45. The first-order valence-corrected chi connectivity index (χ1v) is 16.7. The van der Waals surface area contributed by atoms with Crippen molar-refractivity contribution in [2.45, 2.75) is 88.9 Å². The van der Waals surface area contributed by atoms with Crippen LogP contribution in [0, 0.1) is 5.92 Å². The molecule has 3 N–H and O–H groups in total. The summed E-state index contributed by atoms with van der Waals surface area (Å²) >= 11 is 0. The molecule has 0 radical (unpaired) electrons. The van der Waals surface area contributed by atoms with Crippen molar-refractivity contribution >= 4 is 23.6 Å². The molecule has 7 rings (SSSR count). The zero-order valence-corrected chi connectivity index (χ0v) is 26.3. The Morgan fingerprint density at radius 3 is 2.46 bits per heavy atom. The average Bonchev–Trinajstić information content (AvgIpc) is 3.86. The first-order valence-electron chi connectivity index (χ1n) is 16.7. The molecule has 11 nitrogen and oxygen atoms in total. The molecular formula is C35H44N4O7. The number of fused-ring (bicyclic) bond motifs is 7. The van der Waals surface area contributed by atoms with Crippen LogP contribution in [0.4, 0.5) is 0 Å². The highest BCUT2D eigenvalue weighted by molar-refractivity contribution is 5.95. The summed E-state index contributed by atoms with van der Waals surface area (Å²) in [7, 11) is 0. The number of amides is 4. The van der Waals surface area contributed by atoms with E-state index >= 15 is 0 Å². The molecule has 3 fully saturated rings. The second kappa shape index (κ2) is 14.9. The topological polar surface area (TPSA) is 135 Å². The SMILES string of the molecule is O=C1COc2cc(OCC3CC3)cc(c2)C(=O)N[C@H]2CN(C(=O)CCC(=O)NC3CCCCCC3)C[C@@H]2Oc2ccc(cc2)CN1. The third kappa shape index (κ3) is 8.92. The van der Waals surface area contributed by atoms with Crippen molar-refractivity contribution in [2.75, 3.05) is 26.3 Å². The van der Waals surface area contributed by atoms with Gasteiger partial charge in [-0.25, -0.2) is 0 Å². The highest BCUT2D eigenvalue weighted by Gasteiger charge is 2.38. The van der Waals surface area contributed by atoms with Crippen LogP contribution in [0.25, 0.3) is 0 Å². The van der Waals surface area contributed by atoms with Crippen LogP contribution in [0.5, 0.6) is 17.2 Å². The zero-order chi connectivity index (χ0) is 31.9. The molecule has 0 unspecified atom stereocenters. The van der Waals surface area contributed by atoms with Crippen LogP contribution in [0.2, 0.25) is 0 Å². The highest BCUT2D eigenvalue weighted by atomic mass is 16.5. The molecule has 11 heteroatoms. The third-order valence-electron chi connectivity index (χ3n) is 9.12. The number of hydrogen-bond donors (Lipinski definition) is 3. The zero-order valence-electron chi connectivity index (χ0n) is 26.3. The number of carbonyl (C=O) groups excluding carboxylic acids is 4. The molecule has 3 heterocycles. The van der Waals surface area contributed by atoms with Gasteiger partial charge in [-0.15, -0.1) is 0 Å². The van der Waals surface area contributed by atoms with Crippen LogP contribution in [0.15, 0.2) is 42.5 Å². The highest BCUT2D eigenvalue weighted by Crippen LogP contribution is 2.31. The Balaban J connectivity index is 1.16. The van der Waals surface area contributed by atoms with Crippen molar-refractivity contribution in [1.29, 1.82) is 0 Å². The molecule has 2 saturated carbocycles. The fourth-order valence-corrected chi connectivity index (χ4v) is 6.22. The molecule has 246 valence electrons. The predicted molar refractivity (Wildman–Crippen MR) is 170 cm³/mol. The summed E-state index contributed by atoms with van der Waals surface area (Å²) in [4.78, 5) is 53.8. The van der Waals surface area contributed by atoms with Gasteiger partial charge in [0.1, 0.15) is 23.4 Å². The van der Waals surface area contributed by atoms with Crippen molar-refractivity contribution in [2.24, 2.45) is 5.92 Å². The Morgan fingerprint density at radius 2 is 1.70 bits per heavy atom. The van der Waals surface area contributed by atoms with E-state index in [0.717, 1.165) is 44.1 Å². The van der Waals surface area contributed by atoms with Crippen LogP contribution in [0.3, 0.4) is 0 Å². The van der Waals surface area contributed by atoms with Crippen molar-refractivity contribution in [3.05, 3.63) is 53.6 Å². The van der Waals surface area contributed by atoms with Gasteiger partial charge in [0.25, 0.3) is 11.8 Å². The summed E-state index contributed by atoms with van der Waals surface area (Å²) < 4.78 is 18.1. The number of hydrogen-bond acceptors (Lipinski definition) is 7. The minimum absolute atomic E-state index is 0.0907. The quantitative estimate of drug-likeness (QED) is 0.398. The summed E-state index contributed by atoms with van der Waals surface area (Å²) in [6.45, 7) is 1.17. The van der Waals surface area contributed by atoms with Gasteiger partial charge in [-0.3, -0.25) is 19.2 Å². The lowest BCUT2D eigenvalue weighted by molar-refractivity contribution is -0.133. The van der Waals surface area contributed by atoms with E-state index < -0.39 is 12.1 Å². The Bertz CT molecular complexity index is 1400. The summed E-state index contributed by atoms with van der Waals surface area (Å²) in [5.74, 6) is 1.02. The molecule has 3 aliphatic heterocycles. The number of nitrogens with one attached hydrogen (secondary N) is 3. The van der Waals surface area contributed by atoms with Gasteiger partial charge in [-0.05, 0) is 61.4 Å². The standard InChI is InChI=1S/C35H44N4O7/c40-32(37-26-5-3-1-2-4-6-26)13-14-34(42)39-19-30-31(20-39)46-27-11-9-23(10-12-27)18-36-33(41)22-45-29-16-25(35(43)38-30)15-28(17-29)44-21-24-7-8-24/h9-12,15-17,24,26,30-31H,1-8,13-14,18-22H2,(H,36,41)(H,37,40)(H,38,43)/t30-,31-/m0/s1. The minimum atomic E-state index is -0.515. The fourth-order valence-electron chi connectivity index (χ4n) is 6.22. The minimum Gasteiger partial charge on any atom is -0.493 e. The van der Waals surface area contributed by atoms with E-state index in [1.165, 1.54) is 12.8 Å². The third-order valence-corrected chi connectivity index (χ3v) is 9.12. The van der Waals surface area contributed by atoms with Crippen LogP contribution in [-0.2, 0) is 20.9 Å². The molecule has 46 heavy (non-hydrogen) atoms. The lowest BCUT2D eigenvalue weighted by Gasteiger charge is -2.21. The van der Waals surface area contributed by atoms with Gasteiger partial charge < -0.3 is 35.1 Å². The lowest BCUT2D eigenvalue weighted by atomic mass is 10.1. The number of likely N-dealkylation sites (tertiary alicyclic amines) is 1. The van der Waals surface area contributed by atoms with Crippen molar-refractivity contribution in [1.82, 2.24) is 20.9 Å². The number of nitrogens with zero attached hydrogens (tertiary/aromatic N) is 1. The van der Waals surface area contributed by atoms with E-state index in [2.05, 4.69) is 16.0 Å². The number of benzene rings is 2. The normalized spacial score (nSPS) is 22.3. The van der Waals surface area contributed by atoms with Crippen LogP contribution in [0.1, 0.15) is 80.1 Å². The first-order chi connectivity index (χ1) is 22.4. The van der Waals surface area contributed by atoms with E-state index in [4.69, 9.17) is 14.2 Å². The number of ether oxygens (including phenoxy) is 3.